The predicted octanol–water partition coefficient (Wildman–Crippen LogP) is 4.04. The third kappa shape index (κ3) is 4.21. The maximum atomic E-state index is 13.6. The van der Waals surface area contributed by atoms with Gasteiger partial charge in [0, 0.05) is 12.6 Å². The van der Waals surface area contributed by atoms with E-state index in [9.17, 15) is 37.2 Å². The monoisotopic (exact) mass is 362 g/mol. The molecule has 0 aliphatic heterocycles. The fourth-order valence-corrected chi connectivity index (χ4v) is 2.15. The lowest BCUT2D eigenvalue weighted by atomic mass is 10.1. The molecule has 0 aromatic heterocycles. The molecule has 2 aromatic rings. The Bertz CT molecular complexity index is 775. The zero-order chi connectivity index (χ0) is 18.8. The van der Waals surface area contributed by atoms with Crippen LogP contribution in [0.1, 0.15) is 17.2 Å². The highest BCUT2D eigenvalue weighted by atomic mass is 19.4. The summed E-state index contributed by atoms with van der Waals surface area (Å²) >= 11 is 0. The smallest absolute Gasteiger partial charge is 0.386 e. The number of hydrogen-bond donors (Lipinski definition) is 2. The number of hydrogen-bond acceptors (Lipinski definition) is 4. The van der Waals surface area contributed by atoms with Crippen LogP contribution in [-0.2, 0) is 6.18 Å². The van der Waals surface area contributed by atoms with Crippen molar-refractivity contribution in [2.24, 2.45) is 0 Å². The largest absolute Gasteiger partial charge is 0.416 e. The van der Waals surface area contributed by atoms with E-state index in [1.54, 1.807) is 0 Å². The Morgan fingerprint density at radius 1 is 1.16 bits per heavy atom. The molecule has 0 amide bonds. The summed E-state index contributed by atoms with van der Waals surface area (Å²) in [6.07, 6.45) is -6.47. The zero-order valence-corrected chi connectivity index (χ0v) is 12.3. The molecule has 2 aromatic carbocycles. The van der Waals surface area contributed by atoms with E-state index in [1.165, 1.54) is 0 Å². The molecule has 0 spiro atoms. The molecule has 2 N–H and O–H groups in total. The molecular weight excluding hydrogens is 351 g/mol. The highest BCUT2D eigenvalue weighted by Crippen LogP contribution is 2.35. The molecule has 25 heavy (non-hydrogen) atoms. The standard InChI is InChI=1S/C15H11F5N2O3/c16-9-2-1-3-10(17)14(9)13(23)7-21-11-5-4-8(15(18,19)20)6-12(11)22(24)25/h1-6,13,21,23H,7H2. The molecule has 0 bridgehead atoms. The van der Waals surface area contributed by atoms with Gasteiger partial charge in [0.15, 0.2) is 0 Å². The minimum absolute atomic E-state index is 0.325. The van der Waals surface area contributed by atoms with Crippen LogP contribution in [-0.4, -0.2) is 16.6 Å². The number of aliphatic hydroxyl groups excluding tert-OH is 1. The zero-order valence-electron chi connectivity index (χ0n) is 12.3. The van der Waals surface area contributed by atoms with Crippen molar-refractivity contribution in [1.29, 1.82) is 0 Å². The molecule has 0 fully saturated rings. The summed E-state index contributed by atoms with van der Waals surface area (Å²) in [6.45, 7) is -0.552. The normalized spacial score (nSPS) is 12.7. The number of aliphatic hydroxyl groups is 1. The lowest BCUT2D eigenvalue weighted by Crippen LogP contribution is -2.16. The highest BCUT2D eigenvalue weighted by Gasteiger charge is 2.33. The lowest BCUT2D eigenvalue weighted by molar-refractivity contribution is -0.384. The minimum Gasteiger partial charge on any atom is -0.386 e. The molecular formula is C15H11F5N2O3. The van der Waals surface area contributed by atoms with Crippen LogP contribution in [0.4, 0.5) is 33.3 Å². The summed E-state index contributed by atoms with van der Waals surface area (Å²) in [4.78, 5) is 9.91. The summed E-state index contributed by atoms with van der Waals surface area (Å²) < 4.78 is 65.0. The maximum absolute atomic E-state index is 13.6. The average Bonchev–Trinajstić information content (AvgIpc) is 2.51. The van der Waals surface area contributed by atoms with Crippen molar-refractivity contribution < 1.29 is 32.0 Å². The Morgan fingerprint density at radius 2 is 1.76 bits per heavy atom. The number of nitro benzene ring substituents is 1. The lowest BCUT2D eigenvalue weighted by Gasteiger charge is -2.15. The predicted molar refractivity (Wildman–Crippen MR) is 77.9 cm³/mol. The van der Waals surface area contributed by atoms with Gasteiger partial charge < -0.3 is 10.4 Å². The first-order valence-corrected chi connectivity index (χ1v) is 6.82. The SMILES string of the molecule is O=[N+]([O-])c1cc(C(F)(F)F)ccc1NCC(O)c1c(F)cccc1F. The number of nitrogens with one attached hydrogen (secondary N) is 1. The Morgan fingerprint density at radius 3 is 2.28 bits per heavy atom. The van der Waals surface area contributed by atoms with Crippen molar-refractivity contribution in [3.8, 4) is 0 Å². The van der Waals surface area contributed by atoms with E-state index >= 15 is 0 Å². The molecule has 1 atom stereocenters. The quantitative estimate of drug-likeness (QED) is 0.478. The maximum Gasteiger partial charge on any atom is 0.416 e. The van der Waals surface area contributed by atoms with Crippen molar-refractivity contribution in [2.75, 3.05) is 11.9 Å². The topological polar surface area (TPSA) is 75.4 Å². The number of rotatable bonds is 5. The van der Waals surface area contributed by atoms with Gasteiger partial charge in [-0.3, -0.25) is 10.1 Å². The van der Waals surface area contributed by atoms with Gasteiger partial charge in [0.05, 0.1) is 16.1 Å². The summed E-state index contributed by atoms with van der Waals surface area (Å²) in [6, 6.07) is 4.69. The number of benzene rings is 2. The molecule has 0 saturated carbocycles. The van der Waals surface area contributed by atoms with Crippen LogP contribution >= 0.6 is 0 Å². The molecule has 134 valence electrons. The van der Waals surface area contributed by atoms with Crippen LogP contribution in [0.3, 0.4) is 0 Å². The first kappa shape index (κ1) is 18.6. The molecule has 0 aliphatic carbocycles. The highest BCUT2D eigenvalue weighted by molar-refractivity contribution is 5.63. The Labute approximate surface area is 137 Å². The van der Waals surface area contributed by atoms with Crippen molar-refractivity contribution in [1.82, 2.24) is 0 Å². The molecule has 5 nitrogen and oxygen atoms in total. The second-order valence-electron chi connectivity index (χ2n) is 5.02. The number of nitro groups is 1. The van der Waals surface area contributed by atoms with Crippen molar-refractivity contribution in [2.45, 2.75) is 12.3 Å². The molecule has 1 unspecified atom stereocenters. The summed E-state index contributed by atoms with van der Waals surface area (Å²) in [5.41, 5.74) is -3.07. The summed E-state index contributed by atoms with van der Waals surface area (Å²) in [7, 11) is 0. The van der Waals surface area contributed by atoms with Crippen LogP contribution in [0, 0.1) is 21.7 Å². The fourth-order valence-electron chi connectivity index (χ4n) is 2.15. The molecule has 0 heterocycles. The third-order valence-corrected chi connectivity index (χ3v) is 3.34. The average molecular weight is 362 g/mol. The van der Waals surface area contributed by atoms with E-state index in [4.69, 9.17) is 0 Å². The number of anilines is 1. The van der Waals surface area contributed by atoms with Gasteiger partial charge >= 0.3 is 6.18 Å². The number of alkyl halides is 3. The summed E-state index contributed by atoms with van der Waals surface area (Å²) in [5, 5.41) is 23.1. The van der Waals surface area contributed by atoms with Crippen LogP contribution in [0.5, 0.6) is 0 Å². The van der Waals surface area contributed by atoms with Gasteiger partial charge in [-0.05, 0) is 24.3 Å². The van der Waals surface area contributed by atoms with Gasteiger partial charge in [0.1, 0.15) is 23.4 Å². The van der Waals surface area contributed by atoms with E-state index in [1.807, 2.05) is 0 Å². The van der Waals surface area contributed by atoms with Gasteiger partial charge in [0.25, 0.3) is 5.69 Å². The molecule has 10 heteroatoms. The third-order valence-electron chi connectivity index (χ3n) is 3.34. The van der Waals surface area contributed by atoms with E-state index in [-0.39, 0.29) is 5.69 Å². The second-order valence-corrected chi connectivity index (χ2v) is 5.02. The van der Waals surface area contributed by atoms with E-state index < -0.39 is 52.2 Å². The molecule has 2 rings (SSSR count). The molecule has 0 aliphatic rings. The summed E-state index contributed by atoms with van der Waals surface area (Å²) in [5.74, 6) is -2.03. The first-order chi connectivity index (χ1) is 11.6. The van der Waals surface area contributed by atoms with Crippen LogP contribution in [0.2, 0.25) is 0 Å². The van der Waals surface area contributed by atoms with Gasteiger partial charge in [-0.2, -0.15) is 13.2 Å². The van der Waals surface area contributed by atoms with Gasteiger partial charge in [-0.1, -0.05) is 6.07 Å². The van der Waals surface area contributed by atoms with Crippen molar-refractivity contribution in [3.63, 3.8) is 0 Å². The van der Waals surface area contributed by atoms with E-state index in [2.05, 4.69) is 5.32 Å². The Kier molecular flexibility index (Phi) is 5.21. The first-order valence-electron chi connectivity index (χ1n) is 6.82. The number of nitrogens with zero attached hydrogens (tertiary/aromatic N) is 1. The molecule has 0 radical (unpaired) electrons. The van der Waals surface area contributed by atoms with Gasteiger partial charge in [-0.25, -0.2) is 8.78 Å². The second kappa shape index (κ2) is 7.01. The van der Waals surface area contributed by atoms with Crippen LogP contribution in [0.15, 0.2) is 36.4 Å². The molecule has 0 saturated heterocycles. The van der Waals surface area contributed by atoms with Crippen LogP contribution in [0.25, 0.3) is 0 Å². The van der Waals surface area contributed by atoms with Crippen molar-refractivity contribution >= 4 is 11.4 Å². The van der Waals surface area contributed by atoms with E-state index in [0.717, 1.165) is 24.3 Å². The van der Waals surface area contributed by atoms with Gasteiger partial charge in [-0.15, -0.1) is 0 Å². The minimum atomic E-state index is -4.76. The van der Waals surface area contributed by atoms with Crippen LogP contribution < -0.4 is 5.32 Å². The van der Waals surface area contributed by atoms with E-state index in [0.29, 0.717) is 12.1 Å². The number of halogens is 5. The van der Waals surface area contributed by atoms with Gasteiger partial charge in [0.2, 0.25) is 0 Å². The Hall–Kier alpha value is -2.75. The Balaban J connectivity index is 2.24. The fraction of sp³-hybridized carbons (Fsp3) is 0.200. The van der Waals surface area contributed by atoms with Crippen molar-refractivity contribution in [3.05, 3.63) is 69.3 Å².